The van der Waals surface area contributed by atoms with Crippen molar-refractivity contribution >= 4 is 5.91 Å². The van der Waals surface area contributed by atoms with Crippen LogP contribution in [0.4, 0.5) is 0 Å². The molecular weight excluding hydrogens is 350 g/mol. The maximum Gasteiger partial charge on any atom is 0.276 e. The summed E-state index contributed by atoms with van der Waals surface area (Å²) in [4.78, 5) is 21.7. The molecule has 1 spiro atoms. The van der Waals surface area contributed by atoms with Gasteiger partial charge in [0.1, 0.15) is 5.76 Å². The van der Waals surface area contributed by atoms with Gasteiger partial charge in [-0.1, -0.05) is 30.3 Å². The average molecular weight is 380 g/mol. The topological polar surface area (TPSA) is 49.6 Å². The lowest BCUT2D eigenvalue weighted by Gasteiger charge is -2.50. The number of aryl methyl sites for hydroxylation is 1. The fraction of sp³-hybridized carbons (Fsp3) is 0.565. The Morgan fingerprint density at radius 2 is 1.93 bits per heavy atom. The lowest BCUT2D eigenvalue weighted by atomic mass is 9.68. The molecule has 0 radical (unpaired) electrons. The van der Waals surface area contributed by atoms with Gasteiger partial charge in [0, 0.05) is 32.2 Å². The number of likely N-dealkylation sites (tertiary alicyclic amines) is 2. The molecule has 3 heterocycles. The largest absolute Gasteiger partial charge is 0.448 e. The van der Waals surface area contributed by atoms with Crippen molar-refractivity contribution in [1.82, 2.24) is 14.8 Å². The van der Waals surface area contributed by atoms with Crippen LogP contribution in [0.1, 0.15) is 59.8 Å². The molecule has 2 aliphatic heterocycles. The molecule has 5 heteroatoms. The Morgan fingerprint density at radius 1 is 1.18 bits per heavy atom. The number of carbonyl (C=O) groups is 1. The Morgan fingerprint density at radius 3 is 2.57 bits per heavy atom. The number of piperidine rings is 2. The van der Waals surface area contributed by atoms with Gasteiger partial charge in [-0.3, -0.25) is 9.69 Å². The van der Waals surface area contributed by atoms with E-state index in [1.807, 2.05) is 11.8 Å². The van der Waals surface area contributed by atoms with E-state index in [4.69, 9.17) is 4.42 Å². The number of oxazole rings is 1. The minimum atomic E-state index is 0.0237. The van der Waals surface area contributed by atoms with E-state index >= 15 is 0 Å². The van der Waals surface area contributed by atoms with Gasteiger partial charge in [0.15, 0.2) is 12.1 Å². The van der Waals surface area contributed by atoms with Crippen molar-refractivity contribution < 1.29 is 9.21 Å². The monoisotopic (exact) mass is 379 g/mol. The fourth-order valence-corrected chi connectivity index (χ4v) is 5.30. The van der Waals surface area contributed by atoms with Crippen molar-refractivity contribution in [2.45, 2.75) is 51.0 Å². The average Bonchev–Trinajstić information content (AvgIpc) is 3.49. The summed E-state index contributed by atoms with van der Waals surface area (Å²) in [6, 6.07) is 11.8. The number of amides is 1. The molecule has 28 heavy (non-hydrogen) atoms. The van der Waals surface area contributed by atoms with Crippen molar-refractivity contribution in [3.8, 4) is 0 Å². The minimum Gasteiger partial charge on any atom is -0.448 e. The molecule has 1 aromatic carbocycles. The number of hydrogen-bond acceptors (Lipinski definition) is 4. The Labute approximate surface area is 166 Å². The van der Waals surface area contributed by atoms with Crippen LogP contribution in [0.25, 0.3) is 0 Å². The summed E-state index contributed by atoms with van der Waals surface area (Å²) in [7, 11) is 0. The summed E-state index contributed by atoms with van der Waals surface area (Å²) >= 11 is 0. The smallest absolute Gasteiger partial charge is 0.276 e. The van der Waals surface area contributed by atoms with E-state index in [0.717, 1.165) is 32.0 Å². The molecule has 5 nitrogen and oxygen atoms in total. The molecule has 148 valence electrons. The number of benzene rings is 1. The highest BCUT2D eigenvalue weighted by atomic mass is 16.3. The molecule has 0 bridgehead atoms. The number of carbonyl (C=O) groups excluding carboxylic acids is 1. The van der Waals surface area contributed by atoms with Crippen LogP contribution in [0.5, 0.6) is 0 Å². The molecule has 3 fully saturated rings. The van der Waals surface area contributed by atoms with Crippen molar-refractivity contribution in [1.29, 1.82) is 0 Å². The molecule has 2 saturated heterocycles. The molecule has 1 amide bonds. The molecular formula is C23H29N3O2. The van der Waals surface area contributed by atoms with E-state index < -0.39 is 0 Å². The predicted octanol–water partition coefficient (Wildman–Crippen LogP) is 3.86. The third-order valence-corrected chi connectivity index (χ3v) is 7.07. The quantitative estimate of drug-likeness (QED) is 0.813. The van der Waals surface area contributed by atoms with Crippen molar-refractivity contribution in [3.05, 3.63) is 53.7 Å². The maximum absolute atomic E-state index is 12.8. The summed E-state index contributed by atoms with van der Waals surface area (Å²) in [6.45, 7) is 5.85. The van der Waals surface area contributed by atoms with E-state index in [1.54, 1.807) is 0 Å². The molecule has 3 aliphatic rings. The van der Waals surface area contributed by atoms with Gasteiger partial charge in [0.2, 0.25) is 0 Å². The third-order valence-electron chi connectivity index (χ3n) is 7.07. The fourth-order valence-electron chi connectivity index (χ4n) is 5.30. The highest BCUT2D eigenvalue weighted by Crippen LogP contribution is 2.47. The van der Waals surface area contributed by atoms with E-state index in [-0.39, 0.29) is 5.91 Å². The zero-order valence-corrected chi connectivity index (χ0v) is 16.6. The zero-order valence-electron chi connectivity index (χ0n) is 16.6. The molecule has 1 saturated carbocycles. The standard InChI is InChI=1S/C23H29N3O2/c1-17-21(24-16-28-17)22(27)25-11-9-23(10-12-25)13-19(18-5-3-2-4-6-18)14-26(15-23)20-7-8-20/h2-6,16,19-20H,7-15H2,1H3/t19-/m0/s1. The van der Waals surface area contributed by atoms with Crippen molar-refractivity contribution in [2.24, 2.45) is 5.41 Å². The minimum absolute atomic E-state index is 0.0237. The first-order chi connectivity index (χ1) is 13.6. The van der Waals surface area contributed by atoms with Crippen LogP contribution in [0.2, 0.25) is 0 Å². The molecule has 2 aromatic rings. The molecule has 1 aliphatic carbocycles. The van der Waals surface area contributed by atoms with Gasteiger partial charge in [0.05, 0.1) is 0 Å². The van der Waals surface area contributed by atoms with E-state index in [0.29, 0.717) is 22.8 Å². The van der Waals surface area contributed by atoms with Crippen LogP contribution >= 0.6 is 0 Å². The lowest BCUT2D eigenvalue weighted by Crippen LogP contribution is -2.53. The molecule has 1 aromatic heterocycles. The van der Waals surface area contributed by atoms with Crippen molar-refractivity contribution in [2.75, 3.05) is 26.2 Å². The predicted molar refractivity (Wildman–Crippen MR) is 107 cm³/mol. The summed E-state index contributed by atoms with van der Waals surface area (Å²) in [5.41, 5.74) is 2.28. The number of hydrogen-bond donors (Lipinski definition) is 0. The zero-order chi connectivity index (χ0) is 19.1. The molecule has 1 atom stereocenters. The molecule has 0 unspecified atom stereocenters. The summed E-state index contributed by atoms with van der Waals surface area (Å²) in [5, 5.41) is 0. The van der Waals surface area contributed by atoms with Crippen LogP contribution in [0, 0.1) is 12.3 Å². The van der Waals surface area contributed by atoms with E-state index in [2.05, 4.69) is 40.2 Å². The number of rotatable bonds is 3. The SMILES string of the molecule is Cc1ocnc1C(=O)N1CCC2(CC1)C[C@H](c1ccccc1)CN(C1CC1)C2. The van der Waals surface area contributed by atoms with Gasteiger partial charge >= 0.3 is 0 Å². The molecule has 0 N–H and O–H groups in total. The summed E-state index contributed by atoms with van der Waals surface area (Å²) in [5.74, 6) is 1.25. The van der Waals surface area contributed by atoms with Crippen LogP contribution in [-0.2, 0) is 0 Å². The normalized spacial score (nSPS) is 25.2. The van der Waals surface area contributed by atoms with E-state index in [9.17, 15) is 4.79 Å². The second kappa shape index (κ2) is 7.03. The first kappa shape index (κ1) is 17.9. The molecule has 5 rings (SSSR count). The first-order valence-corrected chi connectivity index (χ1v) is 10.6. The van der Waals surface area contributed by atoms with Crippen LogP contribution in [0.3, 0.4) is 0 Å². The maximum atomic E-state index is 12.8. The van der Waals surface area contributed by atoms with Gasteiger partial charge in [-0.15, -0.1) is 0 Å². The van der Waals surface area contributed by atoms with Crippen LogP contribution in [-0.4, -0.2) is 52.9 Å². The Kier molecular flexibility index (Phi) is 4.50. The van der Waals surface area contributed by atoms with Crippen LogP contribution < -0.4 is 0 Å². The van der Waals surface area contributed by atoms with E-state index in [1.165, 1.54) is 44.3 Å². The van der Waals surface area contributed by atoms with Gasteiger partial charge in [0.25, 0.3) is 5.91 Å². The second-order valence-corrected chi connectivity index (χ2v) is 9.02. The third kappa shape index (κ3) is 3.37. The number of nitrogens with zero attached hydrogens (tertiary/aromatic N) is 3. The second-order valence-electron chi connectivity index (χ2n) is 9.02. The highest BCUT2D eigenvalue weighted by molar-refractivity contribution is 5.93. The van der Waals surface area contributed by atoms with Gasteiger partial charge < -0.3 is 9.32 Å². The Bertz CT molecular complexity index is 835. The van der Waals surface area contributed by atoms with Gasteiger partial charge in [-0.2, -0.15) is 0 Å². The van der Waals surface area contributed by atoms with Crippen LogP contribution in [0.15, 0.2) is 41.1 Å². The summed E-state index contributed by atoms with van der Waals surface area (Å²) in [6.07, 6.45) is 7.49. The van der Waals surface area contributed by atoms with Gasteiger partial charge in [-0.05, 0) is 55.9 Å². The highest BCUT2D eigenvalue weighted by Gasteiger charge is 2.46. The van der Waals surface area contributed by atoms with Gasteiger partial charge in [-0.25, -0.2) is 4.98 Å². The summed E-state index contributed by atoms with van der Waals surface area (Å²) < 4.78 is 5.23. The Hall–Kier alpha value is -2.14. The first-order valence-electron chi connectivity index (χ1n) is 10.6. The van der Waals surface area contributed by atoms with Crippen molar-refractivity contribution in [3.63, 3.8) is 0 Å². The Balaban J connectivity index is 1.32. The number of aromatic nitrogens is 1. The lowest BCUT2D eigenvalue weighted by molar-refractivity contribution is 0.0109.